The fourth-order valence-electron chi connectivity index (χ4n) is 4.81. The lowest BCUT2D eigenvalue weighted by Crippen LogP contribution is -2.40. The SMILES string of the molecule is Cc1cc2c(OC[C@@H](O)CN3CCC(c4ccc5scc(C)c5c4)CC3)cccc2[nH]1. The van der Waals surface area contributed by atoms with Crippen LogP contribution in [0.25, 0.3) is 21.0 Å². The number of aliphatic hydroxyl groups excluding tert-OH is 1. The smallest absolute Gasteiger partial charge is 0.128 e. The van der Waals surface area contributed by atoms with Crippen LogP contribution in [-0.4, -0.2) is 47.3 Å². The summed E-state index contributed by atoms with van der Waals surface area (Å²) in [7, 11) is 0. The van der Waals surface area contributed by atoms with Gasteiger partial charge in [0.15, 0.2) is 0 Å². The average Bonchev–Trinajstić information content (AvgIpc) is 3.34. The minimum absolute atomic E-state index is 0.317. The summed E-state index contributed by atoms with van der Waals surface area (Å²) >= 11 is 1.83. The third-order valence-corrected chi connectivity index (χ3v) is 7.59. The van der Waals surface area contributed by atoms with Gasteiger partial charge in [-0.25, -0.2) is 0 Å². The number of fused-ring (bicyclic) bond motifs is 2. The van der Waals surface area contributed by atoms with Crippen LogP contribution in [0, 0.1) is 13.8 Å². The molecule has 4 nitrogen and oxygen atoms in total. The second kappa shape index (κ2) is 8.65. The number of thiophene rings is 1. The van der Waals surface area contributed by atoms with Gasteiger partial charge in [-0.05, 0) is 97.9 Å². The van der Waals surface area contributed by atoms with Gasteiger partial charge in [-0.2, -0.15) is 0 Å². The number of hydrogen-bond donors (Lipinski definition) is 2. The van der Waals surface area contributed by atoms with Gasteiger partial charge in [0.2, 0.25) is 0 Å². The highest BCUT2D eigenvalue weighted by molar-refractivity contribution is 7.17. The molecule has 2 aromatic carbocycles. The molecule has 4 aromatic rings. The molecule has 2 N–H and O–H groups in total. The van der Waals surface area contributed by atoms with E-state index in [0.29, 0.717) is 19.1 Å². The van der Waals surface area contributed by atoms with Gasteiger partial charge in [0.1, 0.15) is 18.5 Å². The standard InChI is InChI=1S/C26H30N2O2S/c1-17-16-31-26-7-6-20(13-22(17)26)19-8-10-28(11-9-19)14-21(29)15-30-25-5-3-4-24-23(25)12-18(2)27-24/h3-7,12-13,16,19,21,27,29H,8-11,14-15H2,1-2H3/t21-/m0/s1. The molecule has 0 bridgehead atoms. The van der Waals surface area contributed by atoms with E-state index in [2.05, 4.69) is 46.5 Å². The first-order chi connectivity index (χ1) is 15.1. The molecule has 0 amide bonds. The lowest BCUT2D eigenvalue weighted by Gasteiger charge is -2.33. The molecule has 0 saturated carbocycles. The summed E-state index contributed by atoms with van der Waals surface area (Å²) < 4.78 is 7.36. The molecule has 0 radical (unpaired) electrons. The zero-order valence-electron chi connectivity index (χ0n) is 18.2. The van der Waals surface area contributed by atoms with E-state index >= 15 is 0 Å². The Morgan fingerprint density at radius 1 is 1.13 bits per heavy atom. The number of aromatic nitrogens is 1. The van der Waals surface area contributed by atoms with Crippen LogP contribution in [0.3, 0.4) is 0 Å². The molecule has 1 aliphatic rings. The quantitative estimate of drug-likeness (QED) is 0.414. The second-order valence-corrected chi connectivity index (χ2v) is 9.79. The lowest BCUT2D eigenvalue weighted by atomic mass is 9.88. The van der Waals surface area contributed by atoms with Crippen molar-refractivity contribution in [3.8, 4) is 5.75 Å². The summed E-state index contributed by atoms with van der Waals surface area (Å²) in [6, 6.07) is 15.1. The van der Waals surface area contributed by atoms with Crippen molar-refractivity contribution >= 4 is 32.3 Å². The van der Waals surface area contributed by atoms with Gasteiger partial charge in [-0.15, -0.1) is 11.3 Å². The predicted molar refractivity (Wildman–Crippen MR) is 130 cm³/mol. The van der Waals surface area contributed by atoms with Crippen LogP contribution < -0.4 is 4.74 Å². The fourth-order valence-corrected chi connectivity index (χ4v) is 5.73. The Bertz CT molecular complexity index is 1190. The van der Waals surface area contributed by atoms with Gasteiger partial charge >= 0.3 is 0 Å². The van der Waals surface area contributed by atoms with Crippen LogP contribution in [0.4, 0.5) is 0 Å². The van der Waals surface area contributed by atoms with Gasteiger partial charge in [-0.1, -0.05) is 12.1 Å². The van der Waals surface area contributed by atoms with E-state index in [0.717, 1.165) is 48.3 Å². The molecule has 1 fully saturated rings. The maximum absolute atomic E-state index is 10.6. The highest BCUT2D eigenvalue weighted by atomic mass is 32.1. The molecule has 5 rings (SSSR count). The van der Waals surface area contributed by atoms with Crippen LogP contribution in [0.1, 0.15) is 35.6 Å². The number of ether oxygens (including phenoxy) is 1. The van der Waals surface area contributed by atoms with Crippen molar-refractivity contribution in [1.82, 2.24) is 9.88 Å². The van der Waals surface area contributed by atoms with Crippen molar-refractivity contribution in [2.24, 2.45) is 0 Å². The number of rotatable bonds is 6. The van der Waals surface area contributed by atoms with Gasteiger partial charge in [0.25, 0.3) is 0 Å². The van der Waals surface area contributed by atoms with Crippen LogP contribution in [0.2, 0.25) is 0 Å². The number of benzene rings is 2. The van der Waals surface area contributed by atoms with Crippen LogP contribution in [0.15, 0.2) is 47.8 Å². The van der Waals surface area contributed by atoms with E-state index in [1.165, 1.54) is 21.2 Å². The molecule has 0 unspecified atom stereocenters. The van der Waals surface area contributed by atoms with Gasteiger partial charge in [0.05, 0.1) is 0 Å². The Balaban J connectivity index is 1.14. The zero-order valence-corrected chi connectivity index (χ0v) is 19.0. The number of β-amino-alcohol motifs (C(OH)–C–C–N with tert-alkyl or cyclic N) is 1. The first kappa shape index (κ1) is 20.6. The van der Waals surface area contributed by atoms with Crippen LogP contribution in [0.5, 0.6) is 5.75 Å². The third-order valence-electron chi connectivity index (χ3n) is 6.51. The molecule has 162 valence electrons. The Morgan fingerprint density at radius 3 is 2.81 bits per heavy atom. The topological polar surface area (TPSA) is 48.5 Å². The first-order valence-electron chi connectivity index (χ1n) is 11.2. The number of piperidine rings is 1. The van der Waals surface area contributed by atoms with Crippen LogP contribution in [-0.2, 0) is 0 Å². The lowest BCUT2D eigenvalue weighted by molar-refractivity contribution is 0.0599. The summed E-state index contributed by atoms with van der Waals surface area (Å²) in [5.41, 5.74) is 5.03. The number of aryl methyl sites for hydroxylation is 2. The van der Waals surface area contributed by atoms with Crippen molar-refractivity contribution in [3.05, 3.63) is 64.7 Å². The first-order valence-corrected chi connectivity index (χ1v) is 12.0. The Hall–Kier alpha value is -2.34. The molecule has 31 heavy (non-hydrogen) atoms. The van der Waals surface area contributed by atoms with Crippen molar-refractivity contribution in [2.45, 2.75) is 38.7 Å². The fraction of sp³-hybridized carbons (Fsp3) is 0.385. The van der Waals surface area contributed by atoms with Gasteiger partial charge in [-0.3, -0.25) is 0 Å². The monoisotopic (exact) mass is 434 g/mol. The van der Waals surface area contributed by atoms with E-state index < -0.39 is 6.10 Å². The van der Waals surface area contributed by atoms with Gasteiger partial charge < -0.3 is 19.7 Å². The number of H-pyrrole nitrogens is 1. The molecule has 2 aromatic heterocycles. The molecule has 0 aliphatic carbocycles. The molecule has 1 atom stereocenters. The van der Waals surface area contributed by atoms with Crippen molar-refractivity contribution in [3.63, 3.8) is 0 Å². The molecule has 1 saturated heterocycles. The minimum Gasteiger partial charge on any atom is -0.490 e. The predicted octanol–water partition coefficient (Wildman–Crippen LogP) is 5.62. The second-order valence-electron chi connectivity index (χ2n) is 8.88. The highest BCUT2D eigenvalue weighted by Crippen LogP contribution is 2.33. The van der Waals surface area contributed by atoms with Crippen molar-refractivity contribution in [1.29, 1.82) is 0 Å². The number of aliphatic hydroxyl groups is 1. The molecular formula is C26H30N2O2S. The van der Waals surface area contributed by atoms with Crippen molar-refractivity contribution in [2.75, 3.05) is 26.2 Å². The molecule has 1 aliphatic heterocycles. The number of nitrogens with zero attached hydrogens (tertiary/aromatic N) is 1. The normalized spacial score (nSPS) is 16.9. The average molecular weight is 435 g/mol. The number of likely N-dealkylation sites (tertiary alicyclic amines) is 1. The Kier molecular flexibility index (Phi) is 5.74. The van der Waals surface area contributed by atoms with E-state index in [9.17, 15) is 5.11 Å². The van der Waals surface area contributed by atoms with E-state index in [1.54, 1.807) is 0 Å². The van der Waals surface area contributed by atoms with E-state index in [4.69, 9.17) is 4.74 Å². The van der Waals surface area contributed by atoms with Gasteiger partial charge in [0, 0.05) is 27.8 Å². The molecular weight excluding hydrogens is 404 g/mol. The minimum atomic E-state index is -0.489. The number of nitrogens with one attached hydrogen (secondary N) is 1. The zero-order chi connectivity index (χ0) is 21.4. The largest absolute Gasteiger partial charge is 0.490 e. The summed E-state index contributed by atoms with van der Waals surface area (Å²) in [5.74, 6) is 1.45. The number of hydrogen-bond acceptors (Lipinski definition) is 4. The molecule has 3 heterocycles. The maximum atomic E-state index is 10.6. The van der Waals surface area contributed by atoms with Crippen molar-refractivity contribution < 1.29 is 9.84 Å². The third kappa shape index (κ3) is 4.36. The summed E-state index contributed by atoms with van der Waals surface area (Å²) in [4.78, 5) is 5.71. The molecule has 5 heteroatoms. The maximum Gasteiger partial charge on any atom is 0.128 e. The highest BCUT2D eigenvalue weighted by Gasteiger charge is 2.23. The van der Waals surface area contributed by atoms with E-state index in [-0.39, 0.29) is 0 Å². The summed E-state index contributed by atoms with van der Waals surface area (Å²) in [5, 5.41) is 15.3. The Labute approximate surface area is 187 Å². The van der Waals surface area contributed by atoms with Crippen LogP contribution >= 0.6 is 11.3 Å². The summed E-state index contributed by atoms with van der Waals surface area (Å²) in [6.45, 7) is 7.27. The van der Waals surface area contributed by atoms with E-state index in [1.807, 2.05) is 36.5 Å². The Morgan fingerprint density at radius 2 is 1.97 bits per heavy atom. The molecule has 0 spiro atoms. The number of aromatic amines is 1. The summed E-state index contributed by atoms with van der Waals surface area (Å²) in [6.07, 6.45) is 1.80.